The number of carbonyl (C=O) groups is 1. The lowest BCUT2D eigenvalue weighted by Crippen LogP contribution is -2.12. The molecule has 1 atom stereocenters. The Labute approximate surface area is 61.3 Å². The van der Waals surface area contributed by atoms with Gasteiger partial charge in [-0.2, -0.15) is 0 Å². The molecule has 0 aliphatic rings. The van der Waals surface area contributed by atoms with Crippen molar-refractivity contribution in [3.05, 3.63) is 0 Å². The number of unbranched alkanes of at least 4 members (excludes halogenated alkanes) is 1. The number of carbonyl (C=O) groups excluding carboxylic acids is 1. The van der Waals surface area contributed by atoms with Crippen LogP contribution in [0.5, 0.6) is 0 Å². The van der Waals surface area contributed by atoms with Crippen molar-refractivity contribution in [3.63, 3.8) is 0 Å². The van der Waals surface area contributed by atoms with Crippen LogP contribution in [-0.2, 0) is 14.3 Å². The van der Waals surface area contributed by atoms with Crippen molar-refractivity contribution in [3.8, 4) is 0 Å². The highest BCUT2D eigenvalue weighted by atomic mass is 16.7. The largest absolute Gasteiger partial charge is 0.438 e. The van der Waals surface area contributed by atoms with E-state index < -0.39 is 6.29 Å². The van der Waals surface area contributed by atoms with E-state index in [0.717, 1.165) is 12.8 Å². The van der Waals surface area contributed by atoms with E-state index in [9.17, 15) is 4.79 Å². The molecule has 0 aliphatic carbocycles. The number of hydrogen-bond acceptors (Lipinski definition) is 3. The minimum atomic E-state index is -0.399. The van der Waals surface area contributed by atoms with Crippen LogP contribution in [0.4, 0.5) is 0 Å². The molecule has 0 heterocycles. The monoisotopic (exact) mass is 146 g/mol. The summed E-state index contributed by atoms with van der Waals surface area (Å²) in [6.45, 7) is 4.83. The van der Waals surface area contributed by atoms with Gasteiger partial charge in [-0.3, -0.25) is 4.79 Å². The number of ether oxygens (including phenoxy) is 2. The smallest absolute Gasteiger partial charge is 0.295 e. The van der Waals surface area contributed by atoms with Crippen molar-refractivity contribution in [2.75, 3.05) is 6.61 Å². The van der Waals surface area contributed by atoms with E-state index in [1.807, 2.05) is 0 Å². The molecule has 0 rings (SSSR count). The second-order valence-corrected chi connectivity index (χ2v) is 2.02. The van der Waals surface area contributed by atoms with Crippen LogP contribution < -0.4 is 0 Å². The maximum atomic E-state index is 9.75. The van der Waals surface area contributed by atoms with Gasteiger partial charge in [0.2, 0.25) is 0 Å². The van der Waals surface area contributed by atoms with Crippen LogP contribution in [0.1, 0.15) is 26.7 Å². The van der Waals surface area contributed by atoms with Crippen LogP contribution in [0.2, 0.25) is 0 Å². The van der Waals surface area contributed by atoms with Crippen molar-refractivity contribution < 1.29 is 14.3 Å². The maximum absolute atomic E-state index is 9.75. The van der Waals surface area contributed by atoms with Crippen molar-refractivity contribution in [1.29, 1.82) is 0 Å². The van der Waals surface area contributed by atoms with Crippen LogP contribution in [0.15, 0.2) is 0 Å². The molecule has 0 amide bonds. The lowest BCUT2D eigenvalue weighted by molar-refractivity contribution is -0.159. The maximum Gasteiger partial charge on any atom is 0.295 e. The third kappa shape index (κ3) is 5.56. The molecule has 0 aromatic rings. The van der Waals surface area contributed by atoms with Crippen LogP contribution in [-0.4, -0.2) is 19.4 Å². The van der Waals surface area contributed by atoms with Gasteiger partial charge >= 0.3 is 0 Å². The van der Waals surface area contributed by atoms with Gasteiger partial charge in [0.1, 0.15) is 0 Å². The first-order valence-electron chi connectivity index (χ1n) is 3.52. The van der Waals surface area contributed by atoms with Gasteiger partial charge in [0, 0.05) is 0 Å². The first-order chi connectivity index (χ1) is 4.81. The molecule has 60 valence electrons. The fraction of sp³-hybridized carbons (Fsp3) is 0.857. The minimum Gasteiger partial charge on any atom is -0.438 e. The van der Waals surface area contributed by atoms with Crippen LogP contribution >= 0.6 is 0 Å². The third-order valence-corrected chi connectivity index (χ3v) is 1.10. The molecule has 0 radical (unpaired) electrons. The Morgan fingerprint density at radius 1 is 1.60 bits per heavy atom. The van der Waals surface area contributed by atoms with Gasteiger partial charge in [-0.1, -0.05) is 13.3 Å². The first-order valence-corrected chi connectivity index (χ1v) is 3.52. The summed E-state index contributed by atoms with van der Waals surface area (Å²) in [5, 5.41) is 0. The van der Waals surface area contributed by atoms with Gasteiger partial charge in [-0.05, 0) is 13.3 Å². The van der Waals surface area contributed by atoms with E-state index in [-0.39, 0.29) is 0 Å². The zero-order valence-electron chi connectivity index (χ0n) is 6.50. The molecule has 0 aliphatic heterocycles. The highest BCUT2D eigenvalue weighted by Crippen LogP contribution is 1.94. The van der Waals surface area contributed by atoms with Gasteiger partial charge in [0.25, 0.3) is 6.47 Å². The quantitative estimate of drug-likeness (QED) is 0.322. The Morgan fingerprint density at radius 2 is 2.30 bits per heavy atom. The first kappa shape index (κ1) is 9.43. The lowest BCUT2D eigenvalue weighted by Gasteiger charge is -2.09. The molecule has 3 nitrogen and oxygen atoms in total. The summed E-state index contributed by atoms with van der Waals surface area (Å²) in [4.78, 5) is 9.75. The third-order valence-electron chi connectivity index (χ3n) is 1.10. The zero-order chi connectivity index (χ0) is 7.82. The van der Waals surface area contributed by atoms with E-state index >= 15 is 0 Å². The zero-order valence-corrected chi connectivity index (χ0v) is 6.50. The van der Waals surface area contributed by atoms with Crippen molar-refractivity contribution in [2.45, 2.75) is 33.0 Å². The fourth-order valence-corrected chi connectivity index (χ4v) is 0.511. The molecular formula is C7H14O3. The van der Waals surface area contributed by atoms with E-state index in [0.29, 0.717) is 13.1 Å². The molecule has 0 fully saturated rings. The predicted octanol–water partition coefficient (Wildman–Crippen LogP) is 1.32. The topological polar surface area (TPSA) is 35.5 Å². The summed E-state index contributed by atoms with van der Waals surface area (Å²) < 4.78 is 9.55. The van der Waals surface area contributed by atoms with Gasteiger partial charge < -0.3 is 9.47 Å². The molecular weight excluding hydrogens is 132 g/mol. The highest BCUT2D eigenvalue weighted by Gasteiger charge is 1.98. The lowest BCUT2D eigenvalue weighted by atomic mass is 10.4. The summed E-state index contributed by atoms with van der Waals surface area (Å²) in [5.41, 5.74) is 0. The Morgan fingerprint density at radius 3 is 2.80 bits per heavy atom. The Bertz CT molecular complexity index is 82.9. The Hall–Kier alpha value is -0.570. The summed E-state index contributed by atoms with van der Waals surface area (Å²) in [6, 6.07) is 0. The van der Waals surface area contributed by atoms with Gasteiger partial charge in [0.05, 0.1) is 6.61 Å². The molecule has 0 saturated heterocycles. The second kappa shape index (κ2) is 6.55. The van der Waals surface area contributed by atoms with Crippen LogP contribution in [0.3, 0.4) is 0 Å². The molecule has 0 aromatic carbocycles. The average Bonchev–Trinajstić information content (AvgIpc) is 1.89. The van der Waals surface area contributed by atoms with Gasteiger partial charge in [-0.25, -0.2) is 0 Å². The standard InChI is InChI=1S/C7H14O3/c1-3-4-5-9-7(2)10-6-8/h6-7H,3-5H2,1-2H3. The SMILES string of the molecule is CCCCOC(C)OC=O. The van der Waals surface area contributed by atoms with E-state index in [1.54, 1.807) is 6.92 Å². The fourth-order valence-electron chi connectivity index (χ4n) is 0.511. The Kier molecular flexibility index (Phi) is 6.18. The van der Waals surface area contributed by atoms with E-state index in [4.69, 9.17) is 4.74 Å². The molecule has 0 spiro atoms. The normalized spacial score (nSPS) is 12.6. The average molecular weight is 146 g/mol. The summed E-state index contributed by atoms with van der Waals surface area (Å²) in [6.07, 6.45) is 1.70. The van der Waals surface area contributed by atoms with E-state index in [1.165, 1.54) is 0 Å². The highest BCUT2D eigenvalue weighted by molar-refractivity contribution is 5.37. The number of hydrogen-bond donors (Lipinski definition) is 0. The molecule has 0 N–H and O–H groups in total. The van der Waals surface area contributed by atoms with Crippen molar-refractivity contribution >= 4 is 6.47 Å². The van der Waals surface area contributed by atoms with E-state index in [2.05, 4.69) is 11.7 Å². The van der Waals surface area contributed by atoms with Crippen LogP contribution in [0.25, 0.3) is 0 Å². The molecule has 10 heavy (non-hydrogen) atoms. The van der Waals surface area contributed by atoms with Gasteiger partial charge in [-0.15, -0.1) is 0 Å². The molecule has 1 unspecified atom stereocenters. The Balaban J connectivity index is 3.04. The summed E-state index contributed by atoms with van der Waals surface area (Å²) in [7, 11) is 0. The minimum absolute atomic E-state index is 0.399. The van der Waals surface area contributed by atoms with Gasteiger partial charge in [0.15, 0.2) is 6.29 Å². The molecule has 0 saturated carbocycles. The molecule has 0 bridgehead atoms. The number of rotatable bonds is 6. The predicted molar refractivity (Wildman–Crippen MR) is 37.5 cm³/mol. The summed E-state index contributed by atoms with van der Waals surface area (Å²) in [5.74, 6) is 0. The molecule has 0 aromatic heterocycles. The second-order valence-electron chi connectivity index (χ2n) is 2.02. The summed E-state index contributed by atoms with van der Waals surface area (Å²) >= 11 is 0. The van der Waals surface area contributed by atoms with Crippen molar-refractivity contribution in [2.24, 2.45) is 0 Å². The molecule has 3 heteroatoms. The van der Waals surface area contributed by atoms with Crippen molar-refractivity contribution in [1.82, 2.24) is 0 Å². The van der Waals surface area contributed by atoms with Crippen LogP contribution in [0, 0.1) is 0 Å².